The van der Waals surface area contributed by atoms with Gasteiger partial charge in [0.25, 0.3) is 0 Å². The smallest absolute Gasteiger partial charge is 0.407 e. The van der Waals surface area contributed by atoms with E-state index in [1.807, 2.05) is 6.92 Å². The summed E-state index contributed by atoms with van der Waals surface area (Å²) in [4.78, 5) is 10.9. The van der Waals surface area contributed by atoms with Crippen LogP contribution in [0.15, 0.2) is 0 Å². The summed E-state index contributed by atoms with van der Waals surface area (Å²) in [6.07, 6.45) is -0.457. The number of hydrogen-bond donors (Lipinski definition) is 1. The molecule has 0 fully saturated rings. The normalized spacial score (nSPS) is 12.8. The summed E-state index contributed by atoms with van der Waals surface area (Å²) < 4.78 is 9.77. The van der Waals surface area contributed by atoms with Crippen LogP contribution in [0, 0.1) is 0 Å². The molecule has 4 nitrogen and oxygen atoms in total. The van der Waals surface area contributed by atoms with Gasteiger partial charge in [0.1, 0.15) is 0 Å². The summed E-state index contributed by atoms with van der Waals surface area (Å²) in [7, 11) is 1.60. The highest BCUT2D eigenvalue weighted by atomic mass is 16.6. The lowest BCUT2D eigenvalue weighted by Gasteiger charge is -2.12. The van der Waals surface area contributed by atoms with Gasteiger partial charge in [-0.2, -0.15) is 0 Å². The van der Waals surface area contributed by atoms with Crippen LogP contribution < -0.4 is 5.32 Å². The SMILES string of the molecule is COC(C)CNC(=O)OC(C)C. The second kappa shape index (κ2) is 5.83. The van der Waals surface area contributed by atoms with Crippen molar-refractivity contribution in [3.8, 4) is 0 Å². The second-order valence-electron chi connectivity index (χ2n) is 2.88. The summed E-state index contributed by atoms with van der Waals surface area (Å²) in [5.41, 5.74) is 0. The van der Waals surface area contributed by atoms with E-state index in [1.54, 1.807) is 21.0 Å². The van der Waals surface area contributed by atoms with Crippen molar-refractivity contribution in [2.45, 2.75) is 33.0 Å². The molecule has 4 heteroatoms. The minimum absolute atomic E-state index is 0.0183. The average Bonchev–Trinajstić information content (AvgIpc) is 1.99. The maximum absolute atomic E-state index is 10.9. The largest absolute Gasteiger partial charge is 0.447 e. The lowest BCUT2D eigenvalue weighted by atomic mass is 10.4. The fraction of sp³-hybridized carbons (Fsp3) is 0.875. The average molecular weight is 175 g/mol. The van der Waals surface area contributed by atoms with Gasteiger partial charge in [-0.1, -0.05) is 0 Å². The Labute approximate surface area is 73.2 Å². The minimum atomic E-state index is -0.395. The van der Waals surface area contributed by atoms with Crippen molar-refractivity contribution in [1.82, 2.24) is 5.32 Å². The van der Waals surface area contributed by atoms with E-state index >= 15 is 0 Å². The van der Waals surface area contributed by atoms with E-state index in [0.29, 0.717) is 6.54 Å². The van der Waals surface area contributed by atoms with Crippen molar-refractivity contribution >= 4 is 6.09 Å². The molecule has 0 radical (unpaired) electrons. The van der Waals surface area contributed by atoms with E-state index in [0.717, 1.165) is 0 Å². The maximum atomic E-state index is 10.9. The molecule has 1 amide bonds. The van der Waals surface area contributed by atoms with E-state index in [4.69, 9.17) is 9.47 Å². The second-order valence-corrected chi connectivity index (χ2v) is 2.88. The van der Waals surface area contributed by atoms with Gasteiger partial charge in [-0.3, -0.25) is 0 Å². The Kier molecular flexibility index (Phi) is 5.45. The van der Waals surface area contributed by atoms with E-state index in [9.17, 15) is 4.79 Å². The van der Waals surface area contributed by atoms with Gasteiger partial charge in [0.2, 0.25) is 0 Å². The number of nitrogens with one attached hydrogen (secondary N) is 1. The van der Waals surface area contributed by atoms with Crippen molar-refractivity contribution in [2.24, 2.45) is 0 Å². The third kappa shape index (κ3) is 5.97. The molecule has 0 aromatic rings. The number of methoxy groups -OCH3 is 1. The molecule has 0 spiro atoms. The fourth-order valence-corrected chi connectivity index (χ4v) is 0.566. The quantitative estimate of drug-likeness (QED) is 0.697. The lowest BCUT2D eigenvalue weighted by Crippen LogP contribution is -2.33. The monoisotopic (exact) mass is 175 g/mol. The number of hydrogen-bond acceptors (Lipinski definition) is 3. The number of alkyl carbamates (subject to hydrolysis) is 1. The van der Waals surface area contributed by atoms with Crippen molar-refractivity contribution < 1.29 is 14.3 Å². The first-order chi connectivity index (χ1) is 5.56. The molecule has 0 aromatic heterocycles. The summed E-state index contributed by atoms with van der Waals surface area (Å²) in [6.45, 7) is 5.95. The molecule has 0 aliphatic rings. The van der Waals surface area contributed by atoms with Crippen LogP contribution in [0.5, 0.6) is 0 Å². The number of carbonyl (C=O) groups excluding carboxylic acids is 1. The molecule has 0 saturated heterocycles. The van der Waals surface area contributed by atoms with Crippen LogP contribution in [0.1, 0.15) is 20.8 Å². The maximum Gasteiger partial charge on any atom is 0.407 e. The fourth-order valence-electron chi connectivity index (χ4n) is 0.566. The highest BCUT2D eigenvalue weighted by Crippen LogP contribution is 1.89. The van der Waals surface area contributed by atoms with Crippen LogP contribution in [0.2, 0.25) is 0 Å². The standard InChI is InChI=1S/C8H17NO3/c1-6(2)12-8(10)9-5-7(3)11-4/h6-7H,5H2,1-4H3,(H,9,10). The number of ether oxygens (including phenoxy) is 2. The summed E-state index contributed by atoms with van der Waals surface area (Å²) in [5, 5.41) is 2.58. The first-order valence-electron chi connectivity index (χ1n) is 4.03. The zero-order chi connectivity index (χ0) is 9.56. The Morgan fingerprint density at radius 2 is 2.00 bits per heavy atom. The first-order valence-corrected chi connectivity index (χ1v) is 4.03. The molecule has 1 atom stereocenters. The third-order valence-corrected chi connectivity index (χ3v) is 1.28. The summed E-state index contributed by atoms with van der Waals surface area (Å²) in [6, 6.07) is 0. The lowest BCUT2D eigenvalue weighted by molar-refractivity contribution is 0.0943. The van der Waals surface area contributed by atoms with Gasteiger partial charge < -0.3 is 14.8 Å². The molecule has 12 heavy (non-hydrogen) atoms. The molecular weight excluding hydrogens is 158 g/mol. The van der Waals surface area contributed by atoms with Crippen molar-refractivity contribution in [3.05, 3.63) is 0 Å². The van der Waals surface area contributed by atoms with Crippen molar-refractivity contribution in [3.63, 3.8) is 0 Å². The topological polar surface area (TPSA) is 47.6 Å². The van der Waals surface area contributed by atoms with Crippen LogP contribution in [-0.2, 0) is 9.47 Å². The summed E-state index contributed by atoms with van der Waals surface area (Å²) >= 11 is 0. The number of amides is 1. The van der Waals surface area contributed by atoms with Gasteiger partial charge in [-0.25, -0.2) is 4.79 Å². The van der Waals surface area contributed by atoms with Crippen LogP contribution in [0.25, 0.3) is 0 Å². The highest BCUT2D eigenvalue weighted by molar-refractivity contribution is 5.67. The van der Waals surface area contributed by atoms with E-state index < -0.39 is 6.09 Å². The molecule has 72 valence electrons. The molecule has 1 unspecified atom stereocenters. The van der Waals surface area contributed by atoms with E-state index in [1.165, 1.54) is 0 Å². The van der Waals surface area contributed by atoms with Gasteiger partial charge in [0.15, 0.2) is 0 Å². The molecule has 0 saturated carbocycles. The van der Waals surface area contributed by atoms with Gasteiger partial charge in [0.05, 0.1) is 12.2 Å². The first kappa shape index (κ1) is 11.2. The zero-order valence-corrected chi connectivity index (χ0v) is 8.09. The van der Waals surface area contributed by atoms with Gasteiger partial charge in [-0.15, -0.1) is 0 Å². The minimum Gasteiger partial charge on any atom is -0.447 e. The molecule has 1 N–H and O–H groups in total. The molecule has 0 aliphatic carbocycles. The molecular formula is C8H17NO3. The predicted octanol–water partition coefficient (Wildman–Crippen LogP) is 1.16. The van der Waals surface area contributed by atoms with E-state index in [-0.39, 0.29) is 12.2 Å². The highest BCUT2D eigenvalue weighted by Gasteiger charge is 2.05. The number of carbonyl (C=O) groups is 1. The van der Waals surface area contributed by atoms with E-state index in [2.05, 4.69) is 5.32 Å². The Morgan fingerprint density at radius 1 is 1.42 bits per heavy atom. The molecule has 0 rings (SSSR count). The Hall–Kier alpha value is -0.770. The molecule has 0 aromatic carbocycles. The molecule has 0 aliphatic heterocycles. The van der Waals surface area contributed by atoms with Gasteiger partial charge in [-0.05, 0) is 20.8 Å². The van der Waals surface area contributed by atoms with Gasteiger partial charge >= 0.3 is 6.09 Å². The van der Waals surface area contributed by atoms with Crippen LogP contribution in [-0.4, -0.2) is 32.0 Å². The third-order valence-electron chi connectivity index (χ3n) is 1.28. The number of rotatable bonds is 4. The van der Waals surface area contributed by atoms with Crippen LogP contribution in [0.3, 0.4) is 0 Å². The van der Waals surface area contributed by atoms with Crippen molar-refractivity contribution in [2.75, 3.05) is 13.7 Å². The van der Waals surface area contributed by atoms with Crippen LogP contribution in [0.4, 0.5) is 4.79 Å². The Balaban J connectivity index is 3.44. The zero-order valence-electron chi connectivity index (χ0n) is 8.09. The Bertz CT molecular complexity index is 136. The van der Waals surface area contributed by atoms with Crippen LogP contribution >= 0.6 is 0 Å². The molecule has 0 bridgehead atoms. The Morgan fingerprint density at radius 3 is 2.42 bits per heavy atom. The van der Waals surface area contributed by atoms with Crippen molar-refractivity contribution in [1.29, 1.82) is 0 Å². The molecule has 0 heterocycles. The predicted molar refractivity (Wildman–Crippen MR) is 46.1 cm³/mol. The summed E-state index contributed by atoms with van der Waals surface area (Å²) in [5.74, 6) is 0. The van der Waals surface area contributed by atoms with Gasteiger partial charge in [0, 0.05) is 13.7 Å².